The van der Waals surface area contributed by atoms with Crippen LogP contribution in [0, 0.1) is 0 Å². The van der Waals surface area contributed by atoms with Crippen LogP contribution in [-0.4, -0.2) is 40.1 Å². The number of aromatic nitrogens is 5. The second kappa shape index (κ2) is 7.91. The van der Waals surface area contributed by atoms with Gasteiger partial charge in [0.2, 0.25) is 0 Å². The molecule has 3 heterocycles. The number of fused-ring (bicyclic) bond motifs is 1. The van der Waals surface area contributed by atoms with Crippen molar-refractivity contribution in [2.45, 2.75) is 0 Å². The standard InChI is InChI=1S/C23H19BN6O/c1-31-17-7-8-19-18(11-17)23(28-22(26-19)15-5-3-9-25-13-15)27-21-12-20(29-30-21)14-4-2-6-16(24)10-14/h2-13H,24H2,1H3,(H2,26,27,28,29,30). The fourth-order valence-electron chi connectivity index (χ4n) is 3.42. The highest BCUT2D eigenvalue weighted by Crippen LogP contribution is 2.30. The first-order valence-corrected chi connectivity index (χ1v) is 9.85. The number of H-pyrrole nitrogens is 1. The Hall–Kier alpha value is -4.20. The number of anilines is 2. The van der Waals surface area contributed by atoms with E-state index >= 15 is 0 Å². The van der Waals surface area contributed by atoms with E-state index in [9.17, 15) is 0 Å². The zero-order valence-corrected chi connectivity index (χ0v) is 17.1. The van der Waals surface area contributed by atoms with Gasteiger partial charge in [0.15, 0.2) is 5.82 Å². The molecule has 31 heavy (non-hydrogen) atoms. The Kier molecular flexibility index (Phi) is 4.80. The number of nitrogens with one attached hydrogen (secondary N) is 2. The van der Waals surface area contributed by atoms with Gasteiger partial charge in [0, 0.05) is 35.0 Å². The highest BCUT2D eigenvalue weighted by atomic mass is 16.5. The number of hydrogen-bond donors (Lipinski definition) is 2. The monoisotopic (exact) mass is 406 g/mol. The van der Waals surface area contributed by atoms with Crippen LogP contribution < -0.4 is 15.5 Å². The SMILES string of the molecule is Bc1cccc(-c2cc(Nc3nc(-c4cccnc4)nc4ccc(OC)cc34)[nH]n2)c1. The lowest BCUT2D eigenvalue weighted by Crippen LogP contribution is -2.00. The van der Waals surface area contributed by atoms with Crippen LogP contribution >= 0.6 is 0 Å². The van der Waals surface area contributed by atoms with E-state index < -0.39 is 0 Å². The van der Waals surface area contributed by atoms with Crippen molar-refractivity contribution in [2.24, 2.45) is 0 Å². The van der Waals surface area contributed by atoms with Crippen LogP contribution in [0.2, 0.25) is 0 Å². The van der Waals surface area contributed by atoms with E-state index in [1.54, 1.807) is 19.5 Å². The summed E-state index contributed by atoms with van der Waals surface area (Å²) in [7, 11) is 3.71. The van der Waals surface area contributed by atoms with E-state index in [1.165, 1.54) is 5.46 Å². The summed E-state index contributed by atoms with van der Waals surface area (Å²) in [5.74, 6) is 2.71. The molecule has 5 rings (SSSR count). The molecule has 0 saturated carbocycles. The molecular formula is C23H19BN6O. The predicted molar refractivity (Wildman–Crippen MR) is 125 cm³/mol. The van der Waals surface area contributed by atoms with Gasteiger partial charge in [-0.15, -0.1) is 0 Å². The third-order valence-electron chi connectivity index (χ3n) is 4.97. The lowest BCUT2D eigenvalue weighted by atomic mass is 9.94. The fourth-order valence-corrected chi connectivity index (χ4v) is 3.42. The third kappa shape index (κ3) is 3.83. The van der Waals surface area contributed by atoms with Crippen LogP contribution in [0.1, 0.15) is 0 Å². The van der Waals surface area contributed by atoms with Crippen molar-refractivity contribution in [3.05, 3.63) is 73.1 Å². The zero-order valence-electron chi connectivity index (χ0n) is 17.1. The highest BCUT2D eigenvalue weighted by Gasteiger charge is 2.13. The molecule has 2 N–H and O–H groups in total. The molecule has 0 fully saturated rings. The molecule has 0 bridgehead atoms. The number of rotatable bonds is 5. The molecule has 8 heteroatoms. The number of hydrogen-bond acceptors (Lipinski definition) is 6. The average Bonchev–Trinajstić information content (AvgIpc) is 3.28. The van der Waals surface area contributed by atoms with Gasteiger partial charge in [-0.25, -0.2) is 9.97 Å². The van der Waals surface area contributed by atoms with Crippen LogP contribution in [0.3, 0.4) is 0 Å². The first-order chi connectivity index (χ1) is 15.2. The first kappa shape index (κ1) is 18.8. The van der Waals surface area contributed by atoms with Crippen LogP contribution in [0.5, 0.6) is 5.75 Å². The van der Waals surface area contributed by atoms with Crippen LogP contribution in [0.4, 0.5) is 11.6 Å². The number of benzene rings is 2. The summed E-state index contributed by atoms with van der Waals surface area (Å²) in [6.45, 7) is 0. The number of nitrogens with zero attached hydrogens (tertiary/aromatic N) is 4. The molecule has 5 aromatic rings. The molecule has 7 nitrogen and oxygen atoms in total. The minimum atomic E-state index is 0.590. The molecule has 0 aliphatic rings. The number of methoxy groups -OCH3 is 1. The Balaban J connectivity index is 1.58. The maximum Gasteiger partial charge on any atom is 0.163 e. The molecule has 0 aliphatic heterocycles. The van der Waals surface area contributed by atoms with Gasteiger partial charge in [-0.3, -0.25) is 10.1 Å². The quantitative estimate of drug-likeness (QED) is 0.436. The molecule has 0 amide bonds. The fraction of sp³-hybridized carbons (Fsp3) is 0.0435. The number of ether oxygens (including phenoxy) is 1. The molecule has 0 radical (unpaired) electrons. The van der Waals surface area contributed by atoms with Gasteiger partial charge in [-0.1, -0.05) is 29.7 Å². The number of pyridine rings is 1. The van der Waals surface area contributed by atoms with Crippen LogP contribution in [0.25, 0.3) is 33.5 Å². The predicted octanol–water partition coefficient (Wildman–Crippen LogP) is 3.09. The molecule has 2 aromatic carbocycles. The Bertz CT molecular complexity index is 1370. The normalized spacial score (nSPS) is 10.9. The number of aromatic amines is 1. The summed E-state index contributed by atoms with van der Waals surface area (Å²) in [5.41, 5.74) is 4.73. The van der Waals surface area contributed by atoms with Crippen LogP contribution in [-0.2, 0) is 0 Å². The first-order valence-electron chi connectivity index (χ1n) is 9.85. The van der Waals surface area contributed by atoms with Crippen molar-refractivity contribution in [1.29, 1.82) is 0 Å². The Morgan fingerprint density at radius 2 is 1.87 bits per heavy atom. The second-order valence-corrected chi connectivity index (χ2v) is 7.18. The van der Waals surface area contributed by atoms with E-state index in [0.29, 0.717) is 11.6 Å². The van der Waals surface area contributed by atoms with Gasteiger partial charge in [0.1, 0.15) is 25.2 Å². The minimum absolute atomic E-state index is 0.590. The summed E-state index contributed by atoms with van der Waals surface area (Å²) < 4.78 is 5.40. The summed E-state index contributed by atoms with van der Waals surface area (Å²) in [6.07, 6.45) is 3.48. The van der Waals surface area contributed by atoms with Gasteiger partial charge in [0.25, 0.3) is 0 Å². The van der Waals surface area contributed by atoms with E-state index in [1.807, 2.05) is 48.5 Å². The Morgan fingerprint density at radius 1 is 0.968 bits per heavy atom. The van der Waals surface area contributed by atoms with Gasteiger partial charge in [0.05, 0.1) is 18.3 Å². The zero-order chi connectivity index (χ0) is 21.2. The van der Waals surface area contributed by atoms with E-state index in [0.717, 1.165) is 39.3 Å². The van der Waals surface area contributed by atoms with Crippen LogP contribution in [0.15, 0.2) is 73.1 Å². The van der Waals surface area contributed by atoms with Crippen molar-refractivity contribution >= 4 is 35.8 Å². The summed E-state index contributed by atoms with van der Waals surface area (Å²) in [4.78, 5) is 13.7. The summed E-state index contributed by atoms with van der Waals surface area (Å²) in [6, 6.07) is 19.7. The van der Waals surface area contributed by atoms with E-state index in [-0.39, 0.29) is 0 Å². The van der Waals surface area contributed by atoms with Gasteiger partial charge < -0.3 is 10.1 Å². The minimum Gasteiger partial charge on any atom is -0.497 e. The molecule has 0 saturated heterocycles. The summed E-state index contributed by atoms with van der Waals surface area (Å²) in [5, 5.41) is 11.7. The summed E-state index contributed by atoms with van der Waals surface area (Å²) >= 11 is 0. The molecule has 0 atom stereocenters. The third-order valence-corrected chi connectivity index (χ3v) is 4.97. The molecule has 3 aromatic heterocycles. The lowest BCUT2D eigenvalue weighted by Gasteiger charge is -2.11. The maximum atomic E-state index is 5.40. The van der Waals surface area contributed by atoms with Crippen molar-refractivity contribution in [1.82, 2.24) is 25.1 Å². The molecule has 0 aliphatic carbocycles. The molecular weight excluding hydrogens is 387 g/mol. The highest BCUT2D eigenvalue weighted by molar-refractivity contribution is 6.32. The van der Waals surface area contributed by atoms with Crippen molar-refractivity contribution < 1.29 is 4.74 Å². The molecule has 150 valence electrons. The average molecular weight is 406 g/mol. The second-order valence-electron chi connectivity index (χ2n) is 7.18. The smallest absolute Gasteiger partial charge is 0.163 e. The topological polar surface area (TPSA) is 88.6 Å². The van der Waals surface area contributed by atoms with Crippen molar-refractivity contribution in [2.75, 3.05) is 12.4 Å². The Morgan fingerprint density at radius 3 is 2.68 bits per heavy atom. The van der Waals surface area contributed by atoms with Gasteiger partial charge in [-0.2, -0.15) is 5.10 Å². The van der Waals surface area contributed by atoms with E-state index in [2.05, 4.69) is 40.5 Å². The Labute approximate surface area is 180 Å². The molecule has 0 unspecified atom stereocenters. The van der Waals surface area contributed by atoms with Gasteiger partial charge in [-0.05, 0) is 30.3 Å². The lowest BCUT2D eigenvalue weighted by molar-refractivity contribution is 0.415. The van der Waals surface area contributed by atoms with E-state index in [4.69, 9.17) is 14.7 Å². The van der Waals surface area contributed by atoms with Gasteiger partial charge >= 0.3 is 0 Å². The maximum absolute atomic E-state index is 5.40. The molecule has 0 spiro atoms. The van der Waals surface area contributed by atoms with Crippen molar-refractivity contribution in [3.8, 4) is 28.4 Å². The largest absolute Gasteiger partial charge is 0.497 e. The van der Waals surface area contributed by atoms with Crippen molar-refractivity contribution in [3.63, 3.8) is 0 Å².